The van der Waals surface area contributed by atoms with Crippen LogP contribution >= 0.6 is 11.8 Å². The van der Waals surface area contributed by atoms with Crippen LogP contribution in [0.5, 0.6) is 0 Å². The van der Waals surface area contributed by atoms with Crippen LogP contribution in [0.2, 0.25) is 0 Å². The standard InChI is InChI=1S/C12H25NO2S/c1-6-10(11(14)15-4)13-9-12(7-2,8-3)16-5/h10,13H,6-9H2,1-5H3. The molecule has 0 heterocycles. The number of nitrogens with one attached hydrogen (secondary N) is 1. The lowest BCUT2D eigenvalue weighted by atomic mass is 10.0. The topological polar surface area (TPSA) is 38.3 Å². The maximum absolute atomic E-state index is 11.4. The summed E-state index contributed by atoms with van der Waals surface area (Å²) in [5.41, 5.74) is 0. The van der Waals surface area contributed by atoms with Crippen molar-refractivity contribution in [2.24, 2.45) is 0 Å². The zero-order valence-corrected chi connectivity index (χ0v) is 11.9. The molecule has 0 saturated carbocycles. The molecule has 4 heteroatoms. The van der Waals surface area contributed by atoms with E-state index in [9.17, 15) is 4.79 Å². The zero-order valence-electron chi connectivity index (χ0n) is 11.1. The number of carbonyl (C=O) groups excluding carboxylic acids is 1. The van der Waals surface area contributed by atoms with Gasteiger partial charge in [0.1, 0.15) is 6.04 Å². The molecule has 1 N–H and O–H groups in total. The van der Waals surface area contributed by atoms with Gasteiger partial charge in [0.15, 0.2) is 0 Å². The maximum atomic E-state index is 11.4. The minimum atomic E-state index is -0.172. The first-order valence-electron chi connectivity index (χ1n) is 5.95. The Bertz CT molecular complexity index is 197. The predicted molar refractivity (Wildman–Crippen MR) is 70.9 cm³/mol. The van der Waals surface area contributed by atoms with Gasteiger partial charge < -0.3 is 10.1 Å². The van der Waals surface area contributed by atoms with E-state index in [0.29, 0.717) is 0 Å². The van der Waals surface area contributed by atoms with Crippen LogP contribution in [0.1, 0.15) is 40.0 Å². The van der Waals surface area contributed by atoms with Gasteiger partial charge in [-0.05, 0) is 25.5 Å². The lowest BCUT2D eigenvalue weighted by Crippen LogP contribution is -2.45. The minimum absolute atomic E-state index is 0.162. The van der Waals surface area contributed by atoms with Crippen LogP contribution in [0, 0.1) is 0 Å². The van der Waals surface area contributed by atoms with E-state index >= 15 is 0 Å². The molecule has 0 radical (unpaired) electrons. The van der Waals surface area contributed by atoms with Crippen LogP contribution in [0.4, 0.5) is 0 Å². The number of methoxy groups -OCH3 is 1. The summed E-state index contributed by atoms with van der Waals surface area (Å²) in [6.07, 6.45) is 5.11. The van der Waals surface area contributed by atoms with Crippen LogP contribution in [0.3, 0.4) is 0 Å². The van der Waals surface area contributed by atoms with E-state index in [1.165, 1.54) is 7.11 Å². The fourth-order valence-electron chi connectivity index (χ4n) is 1.71. The van der Waals surface area contributed by atoms with Gasteiger partial charge in [-0.25, -0.2) is 0 Å². The van der Waals surface area contributed by atoms with Crippen LogP contribution in [0.15, 0.2) is 0 Å². The molecule has 0 aromatic rings. The van der Waals surface area contributed by atoms with Gasteiger partial charge in [-0.1, -0.05) is 20.8 Å². The SMILES string of the molecule is CCC(NCC(CC)(CC)SC)C(=O)OC. The number of carbonyl (C=O) groups is 1. The second-order valence-corrected chi connectivity index (χ2v) is 5.23. The van der Waals surface area contributed by atoms with Crippen molar-refractivity contribution in [3.63, 3.8) is 0 Å². The number of hydrogen-bond donors (Lipinski definition) is 1. The smallest absolute Gasteiger partial charge is 0.322 e. The first-order valence-corrected chi connectivity index (χ1v) is 7.17. The molecule has 96 valence electrons. The summed E-state index contributed by atoms with van der Waals surface area (Å²) < 4.78 is 5.00. The molecule has 0 spiro atoms. The molecule has 0 aromatic heterocycles. The van der Waals surface area contributed by atoms with E-state index in [4.69, 9.17) is 4.74 Å². The number of rotatable bonds is 8. The summed E-state index contributed by atoms with van der Waals surface area (Å²) in [6, 6.07) is -0.172. The molecule has 0 aliphatic heterocycles. The number of thioether (sulfide) groups is 1. The quantitative estimate of drug-likeness (QED) is 0.669. The Balaban J connectivity index is 4.32. The Labute approximate surface area is 104 Å². The van der Waals surface area contributed by atoms with E-state index in [2.05, 4.69) is 25.4 Å². The molecule has 0 aliphatic carbocycles. The third-order valence-electron chi connectivity index (χ3n) is 3.29. The van der Waals surface area contributed by atoms with Gasteiger partial charge >= 0.3 is 5.97 Å². The molecule has 0 saturated heterocycles. The third-order valence-corrected chi connectivity index (χ3v) is 4.87. The van der Waals surface area contributed by atoms with Gasteiger partial charge in [0.2, 0.25) is 0 Å². The predicted octanol–water partition coefficient (Wildman–Crippen LogP) is 2.45. The summed E-state index contributed by atoms with van der Waals surface area (Å²) in [5, 5.41) is 3.32. The van der Waals surface area contributed by atoms with Gasteiger partial charge in [0.05, 0.1) is 7.11 Å². The second-order valence-electron chi connectivity index (χ2n) is 3.96. The monoisotopic (exact) mass is 247 g/mol. The highest BCUT2D eigenvalue weighted by Crippen LogP contribution is 2.29. The highest BCUT2D eigenvalue weighted by molar-refractivity contribution is 8.00. The summed E-state index contributed by atoms with van der Waals surface area (Å²) in [4.78, 5) is 11.4. The van der Waals surface area contributed by atoms with E-state index in [1.807, 2.05) is 18.7 Å². The number of hydrogen-bond acceptors (Lipinski definition) is 4. The van der Waals surface area contributed by atoms with Gasteiger partial charge in [-0.3, -0.25) is 4.79 Å². The average Bonchev–Trinajstić information content (AvgIpc) is 2.35. The van der Waals surface area contributed by atoms with Crippen molar-refractivity contribution < 1.29 is 9.53 Å². The number of esters is 1. The Morgan fingerprint density at radius 1 is 1.38 bits per heavy atom. The van der Waals surface area contributed by atoms with Crippen molar-refractivity contribution in [2.75, 3.05) is 19.9 Å². The highest BCUT2D eigenvalue weighted by Gasteiger charge is 2.27. The highest BCUT2D eigenvalue weighted by atomic mass is 32.2. The Hall–Kier alpha value is -0.220. The van der Waals surface area contributed by atoms with Gasteiger partial charge in [0.25, 0.3) is 0 Å². The largest absolute Gasteiger partial charge is 0.468 e. The fraction of sp³-hybridized carbons (Fsp3) is 0.917. The van der Waals surface area contributed by atoms with Crippen LogP contribution in [-0.2, 0) is 9.53 Å². The Morgan fingerprint density at radius 2 is 1.94 bits per heavy atom. The molecule has 0 aliphatic rings. The molecule has 1 atom stereocenters. The molecule has 16 heavy (non-hydrogen) atoms. The fourth-order valence-corrected chi connectivity index (χ4v) is 2.51. The zero-order chi connectivity index (χ0) is 12.6. The molecule has 0 amide bonds. The summed E-state index contributed by atoms with van der Waals surface area (Å²) >= 11 is 1.87. The van der Waals surface area contributed by atoms with Gasteiger partial charge in [-0.15, -0.1) is 0 Å². The van der Waals surface area contributed by atoms with Crippen molar-refractivity contribution in [1.29, 1.82) is 0 Å². The Morgan fingerprint density at radius 3 is 2.25 bits per heavy atom. The summed E-state index contributed by atoms with van der Waals surface area (Å²) in [6.45, 7) is 7.24. The molecule has 1 unspecified atom stereocenters. The van der Waals surface area contributed by atoms with Crippen molar-refractivity contribution in [3.8, 4) is 0 Å². The first kappa shape index (κ1) is 15.8. The first-order chi connectivity index (χ1) is 7.59. The normalized spacial score (nSPS) is 13.6. The van der Waals surface area contributed by atoms with E-state index in [-0.39, 0.29) is 16.8 Å². The number of ether oxygens (including phenoxy) is 1. The van der Waals surface area contributed by atoms with Crippen LogP contribution in [0.25, 0.3) is 0 Å². The third kappa shape index (κ3) is 4.34. The minimum Gasteiger partial charge on any atom is -0.468 e. The van der Waals surface area contributed by atoms with Crippen molar-refractivity contribution in [2.45, 2.75) is 50.8 Å². The molecule has 0 fully saturated rings. The van der Waals surface area contributed by atoms with Crippen LogP contribution in [-0.4, -0.2) is 36.7 Å². The summed E-state index contributed by atoms with van der Waals surface area (Å²) in [7, 11) is 1.44. The van der Waals surface area contributed by atoms with E-state index < -0.39 is 0 Å². The lowest BCUT2D eigenvalue weighted by molar-refractivity contribution is -0.143. The summed E-state index contributed by atoms with van der Waals surface area (Å²) in [5.74, 6) is -0.162. The average molecular weight is 247 g/mol. The van der Waals surface area contributed by atoms with E-state index in [1.54, 1.807) is 0 Å². The molecule has 0 aromatic carbocycles. The second kappa shape index (κ2) is 7.96. The van der Waals surface area contributed by atoms with Gasteiger partial charge in [0, 0.05) is 11.3 Å². The lowest BCUT2D eigenvalue weighted by Gasteiger charge is -2.31. The van der Waals surface area contributed by atoms with Crippen LogP contribution < -0.4 is 5.32 Å². The maximum Gasteiger partial charge on any atom is 0.322 e. The molecule has 0 bridgehead atoms. The van der Waals surface area contributed by atoms with Crippen molar-refractivity contribution >= 4 is 17.7 Å². The molecule has 3 nitrogen and oxygen atoms in total. The van der Waals surface area contributed by atoms with Gasteiger partial charge in [-0.2, -0.15) is 11.8 Å². The Kier molecular flexibility index (Phi) is 7.85. The molecular weight excluding hydrogens is 222 g/mol. The molecule has 0 rings (SSSR count). The van der Waals surface area contributed by atoms with Crippen molar-refractivity contribution in [3.05, 3.63) is 0 Å². The molecular formula is C12H25NO2S. The van der Waals surface area contributed by atoms with Crippen molar-refractivity contribution in [1.82, 2.24) is 5.32 Å². The van der Waals surface area contributed by atoms with E-state index in [0.717, 1.165) is 25.8 Å².